The van der Waals surface area contributed by atoms with Gasteiger partial charge in [0.2, 0.25) is 5.91 Å². The molecule has 3 aromatic rings. The molecule has 7 heteroatoms. The van der Waals surface area contributed by atoms with Crippen LogP contribution in [0.1, 0.15) is 61.8 Å². The van der Waals surface area contributed by atoms with Crippen molar-refractivity contribution in [2.75, 3.05) is 26.2 Å². The first-order valence-electron chi connectivity index (χ1n) is 16.0. The van der Waals surface area contributed by atoms with Crippen LogP contribution < -0.4 is 17.2 Å². The van der Waals surface area contributed by atoms with E-state index in [0.29, 0.717) is 18.9 Å². The molecule has 0 radical (unpaired) electrons. The molecule has 1 fully saturated rings. The smallest absolute Gasteiger partial charge is 0.227 e. The number of guanidine groups is 1. The number of carbonyl (C=O) groups excluding carboxylic acids is 1. The zero-order chi connectivity index (χ0) is 30.9. The Labute approximate surface area is 258 Å². The Kier molecular flexibility index (Phi) is 11.6. The first-order valence-corrected chi connectivity index (χ1v) is 16.0. The Morgan fingerprint density at radius 1 is 0.953 bits per heavy atom. The van der Waals surface area contributed by atoms with Gasteiger partial charge in [0, 0.05) is 44.3 Å². The number of hydrogen-bond acceptors (Lipinski definition) is 4. The highest BCUT2D eigenvalue weighted by atomic mass is 16.2. The van der Waals surface area contributed by atoms with Crippen LogP contribution in [0.4, 0.5) is 0 Å². The third-order valence-corrected chi connectivity index (χ3v) is 8.73. The highest BCUT2D eigenvalue weighted by Crippen LogP contribution is 2.26. The van der Waals surface area contributed by atoms with E-state index in [0.717, 1.165) is 57.3 Å². The van der Waals surface area contributed by atoms with Crippen molar-refractivity contribution in [2.24, 2.45) is 28.1 Å². The van der Waals surface area contributed by atoms with Gasteiger partial charge in [-0.1, -0.05) is 80.1 Å². The maximum absolute atomic E-state index is 14.0. The zero-order valence-corrected chi connectivity index (χ0v) is 26.6. The molecule has 3 atom stereocenters. The van der Waals surface area contributed by atoms with Crippen LogP contribution in [-0.4, -0.2) is 66.0 Å². The Hall–Kier alpha value is -3.42. The van der Waals surface area contributed by atoms with Crippen LogP contribution in [0.5, 0.6) is 0 Å². The van der Waals surface area contributed by atoms with E-state index in [1.165, 1.54) is 27.5 Å². The molecular weight excluding hydrogens is 532 g/mol. The molecule has 1 heterocycles. The normalized spacial score (nSPS) is 18.2. The lowest BCUT2D eigenvalue weighted by Crippen LogP contribution is -2.62. The zero-order valence-electron chi connectivity index (χ0n) is 26.6. The van der Waals surface area contributed by atoms with Gasteiger partial charge in [-0.3, -0.25) is 14.7 Å². The second kappa shape index (κ2) is 15.3. The van der Waals surface area contributed by atoms with Crippen LogP contribution in [0, 0.1) is 19.8 Å². The fourth-order valence-electron chi connectivity index (χ4n) is 6.61. The minimum Gasteiger partial charge on any atom is -0.370 e. The third-order valence-electron chi connectivity index (χ3n) is 8.73. The summed E-state index contributed by atoms with van der Waals surface area (Å²) in [4.78, 5) is 22.9. The Morgan fingerprint density at radius 2 is 1.72 bits per heavy atom. The summed E-state index contributed by atoms with van der Waals surface area (Å²) in [6.45, 7) is 11.8. The minimum atomic E-state index is 0.0186. The summed E-state index contributed by atoms with van der Waals surface area (Å²) in [5.41, 5.74) is 22.9. The largest absolute Gasteiger partial charge is 0.370 e. The number of amides is 1. The van der Waals surface area contributed by atoms with Crippen molar-refractivity contribution in [1.82, 2.24) is 9.80 Å². The highest BCUT2D eigenvalue weighted by molar-refractivity contribution is 5.85. The van der Waals surface area contributed by atoms with Gasteiger partial charge in [-0.25, -0.2) is 0 Å². The van der Waals surface area contributed by atoms with Crippen molar-refractivity contribution in [2.45, 2.75) is 84.3 Å². The van der Waals surface area contributed by atoms with E-state index >= 15 is 0 Å². The number of fused-ring (bicyclic) bond motifs is 1. The quantitative estimate of drug-likeness (QED) is 0.150. The van der Waals surface area contributed by atoms with E-state index in [4.69, 9.17) is 17.2 Å². The number of rotatable bonds is 13. The number of aryl methyl sites for hydroxylation is 2. The van der Waals surface area contributed by atoms with Gasteiger partial charge in [-0.15, -0.1) is 0 Å². The summed E-state index contributed by atoms with van der Waals surface area (Å²) in [6.07, 6.45) is 5.12. The molecule has 1 aliphatic heterocycles. The maximum atomic E-state index is 14.0. The number of piperazine rings is 1. The molecule has 6 N–H and O–H groups in total. The molecule has 3 aromatic carbocycles. The Morgan fingerprint density at radius 3 is 2.44 bits per heavy atom. The number of benzene rings is 3. The van der Waals surface area contributed by atoms with Crippen LogP contribution in [0.3, 0.4) is 0 Å². The Bertz CT molecular complexity index is 1380. The van der Waals surface area contributed by atoms with Gasteiger partial charge in [0.15, 0.2) is 5.96 Å². The summed E-state index contributed by atoms with van der Waals surface area (Å²) < 4.78 is 0. The average molecular weight is 585 g/mol. The maximum Gasteiger partial charge on any atom is 0.227 e. The van der Waals surface area contributed by atoms with E-state index in [1.807, 2.05) is 0 Å². The van der Waals surface area contributed by atoms with E-state index in [2.05, 4.69) is 103 Å². The Balaban J connectivity index is 1.51. The van der Waals surface area contributed by atoms with Crippen molar-refractivity contribution in [3.63, 3.8) is 0 Å². The van der Waals surface area contributed by atoms with E-state index in [1.54, 1.807) is 0 Å². The minimum absolute atomic E-state index is 0.0186. The standard InChI is InChI=1S/C36H52N6O/c1-25(2)17-34-23-41(22-32(37)21-30-14-12-26(3)18-27(30)4)33(11-7-8-16-40-36(38)39)24-42(34)35(43)20-28-13-15-29-9-5-6-10-31(29)19-28/h5-6,9-10,12-15,18-19,25,32-34H,7-8,11,16-17,20-24,37H2,1-4H3,(H4,38,39,40)/t32-,33+,34-/m1/s1. The number of hydrogen-bond donors (Lipinski definition) is 3. The van der Waals surface area contributed by atoms with Crippen LogP contribution in [0.25, 0.3) is 10.8 Å². The van der Waals surface area contributed by atoms with E-state index in [9.17, 15) is 4.79 Å². The molecule has 0 spiro atoms. The summed E-state index contributed by atoms with van der Waals surface area (Å²) in [5, 5.41) is 2.37. The summed E-state index contributed by atoms with van der Waals surface area (Å²) in [6, 6.07) is 21.8. The lowest BCUT2D eigenvalue weighted by molar-refractivity contribution is -0.138. The average Bonchev–Trinajstić information content (AvgIpc) is 2.94. The molecule has 7 nitrogen and oxygen atoms in total. The van der Waals surface area contributed by atoms with Crippen LogP contribution in [-0.2, 0) is 17.6 Å². The molecule has 0 unspecified atom stereocenters. The fourth-order valence-corrected chi connectivity index (χ4v) is 6.61. The van der Waals surface area contributed by atoms with Gasteiger partial charge in [-0.05, 0) is 79.3 Å². The van der Waals surface area contributed by atoms with Gasteiger partial charge in [0.1, 0.15) is 0 Å². The molecule has 0 bridgehead atoms. The van der Waals surface area contributed by atoms with Gasteiger partial charge in [-0.2, -0.15) is 0 Å². The van der Waals surface area contributed by atoms with Crippen LogP contribution in [0.2, 0.25) is 0 Å². The number of unbranched alkanes of at least 4 members (excludes halogenated alkanes) is 1. The molecule has 1 amide bonds. The first kappa shape index (κ1) is 32.5. The lowest BCUT2D eigenvalue weighted by atomic mass is 9.93. The molecule has 1 aliphatic rings. The van der Waals surface area contributed by atoms with Gasteiger partial charge in [0.25, 0.3) is 0 Å². The molecule has 43 heavy (non-hydrogen) atoms. The third kappa shape index (κ3) is 9.54. The van der Waals surface area contributed by atoms with Crippen LogP contribution >= 0.6 is 0 Å². The second-order valence-corrected chi connectivity index (χ2v) is 13.0. The van der Waals surface area contributed by atoms with Crippen molar-refractivity contribution in [1.29, 1.82) is 0 Å². The second-order valence-electron chi connectivity index (χ2n) is 13.0. The number of nitrogens with two attached hydrogens (primary N) is 3. The number of aliphatic imine (C=N–C) groups is 1. The predicted octanol–water partition coefficient (Wildman–Crippen LogP) is 4.94. The fraction of sp³-hybridized carbons (Fsp3) is 0.500. The molecule has 0 saturated carbocycles. The van der Waals surface area contributed by atoms with Crippen molar-refractivity contribution >= 4 is 22.6 Å². The number of carbonyl (C=O) groups is 1. The van der Waals surface area contributed by atoms with Crippen LogP contribution in [0.15, 0.2) is 65.7 Å². The van der Waals surface area contributed by atoms with E-state index < -0.39 is 0 Å². The van der Waals surface area contributed by atoms with Gasteiger partial charge in [0.05, 0.1) is 6.42 Å². The summed E-state index contributed by atoms with van der Waals surface area (Å²) in [7, 11) is 0. The molecule has 0 aromatic heterocycles. The molecular formula is C36H52N6O. The van der Waals surface area contributed by atoms with Crippen molar-refractivity contribution in [3.05, 3.63) is 82.9 Å². The molecule has 4 rings (SSSR count). The SMILES string of the molecule is Cc1ccc(C[C@@H](N)CN2C[C@@H](CC(C)C)N(C(=O)Cc3ccc4ccccc4c3)C[C@@H]2CCCCN=C(N)N)c(C)c1. The van der Waals surface area contributed by atoms with E-state index in [-0.39, 0.29) is 30.0 Å². The highest BCUT2D eigenvalue weighted by Gasteiger charge is 2.36. The van der Waals surface area contributed by atoms with Crippen molar-refractivity contribution in [3.8, 4) is 0 Å². The topological polar surface area (TPSA) is 114 Å². The molecule has 0 aliphatic carbocycles. The number of nitrogens with zero attached hydrogens (tertiary/aromatic N) is 3. The van der Waals surface area contributed by atoms with Crippen molar-refractivity contribution < 1.29 is 4.79 Å². The lowest BCUT2D eigenvalue weighted by Gasteiger charge is -2.48. The first-order chi connectivity index (χ1) is 20.6. The summed E-state index contributed by atoms with van der Waals surface area (Å²) >= 11 is 0. The van der Waals surface area contributed by atoms with Gasteiger partial charge < -0.3 is 22.1 Å². The van der Waals surface area contributed by atoms with Gasteiger partial charge >= 0.3 is 0 Å². The summed E-state index contributed by atoms with van der Waals surface area (Å²) in [5.74, 6) is 0.840. The monoisotopic (exact) mass is 584 g/mol. The molecule has 232 valence electrons. The predicted molar refractivity (Wildman–Crippen MR) is 180 cm³/mol. The molecule has 1 saturated heterocycles.